The summed E-state index contributed by atoms with van der Waals surface area (Å²) < 4.78 is 26.4. The largest absolute Gasteiger partial charge is 0.389 e. The van der Waals surface area contributed by atoms with Gasteiger partial charge in [-0.2, -0.15) is 0 Å². The number of nitrogens with one attached hydrogen (secondary N) is 2. The Kier molecular flexibility index (Phi) is 6.10. The normalized spacial score (nSPS) is 12.5. The molecule has 0 aliphatic heterocycles. The van der Waals surface area contributed by atoms with Crippen LogP contribution in [-0.4, -0.2) is 31.6 Å². The van der Waals surface area contributed by atoms with E-state index in [1.807, 2.05) is 13.8 Å². The van der Waals surface area contributed by atoms with Crippen LogP contribution < -0.4 is 10.0 Å². The first-order valence-electron chi connectivity index (χ1n) is 7.11. The monoisotopic (exact) mass is 328 g/mol. The van der Waals surface area contributed by atoms with Gasteiger partial charge < -0.3 is 10.4 Å². The lowest BCUT2D eigenvalue weighted by molar-refractivity contribution is -0.116. The van der Waals surface area contributed by atoms with Crippen LogP contribution in [-0.2, 0) is 14.8 Å². The van der Waals surface area contributed by atoms with Crippen LogP contribution in [0, 0.1) is 5.92 Å². The number of hydrogen-bond acceptors (Lipinski definition) is 4. The van der Waals surface area contributed by atoms with Crippen LogP contribution in [0.3, 0.4) is 0 Å². The Morgan fingerprint density at radius 3 is 2.23 bits per heavy atom. The van der Waals surface area contributed by atoms with Gasteiger partial charge in [0, 0.05) is 18.7 Å². The molecule has 0 heterocycles. The van der Waals surface area contributed by atoms with E-state index in [9.17, 15) is 18.3 Å². The minimum Gasteiger partial charge on any atom is -0.389 e. The molecule has 7 heteroatoms. The fraction of sp³-hybridized carbons (Fsp3) is 0.533. The molecule has 0 fully saturated rings. The highest BCUT2D eigenvalue weighted by atomic mass is 32.2. The van der Waals surface area contributed by atoms with Crippen LogP contribution in [0.4, 0.5) is 5.69 Å². The fourth-order valence-electron chi connectivity index (χ4n) is 1.66. The maximum absolute atomic E-state index is 12.0. The van der Waals surface area contributed by atoms with Crippen molar-refractivity contribution in [2.24, 2.45) is 5.92 Å². The Hall–Kier alpha value is -1.44. The molecule has 1 rings (SSSR count). The summed E-state index contributed by atoms with van der Waals surface area (Å²) in [7, 11) is -3.68. The Balaban J connectivity index is 2.73. The summed E-state index contributed by atoms with van der Waals surface area (Å²) in [6.07, 6.45) is 0.410. The number of benzene rings is 1. The lowest BCUT2D eigenvalue weighted by Gasteiger charge is -2.17. The third kappa shape index (κ3) is 6.55. The maximum atomic E-state index is 12.0. The molecule has 22 heavy (non-hydrogen) atoms. The topological polar surface area (TPSA) is 95.5 Å². The van der Waals surface area contributed by atoms with Crippen molar-refractivity contribution in [2.75, 3.05) is 11.9 Å². The highest BCUT2D eigenvalue weighted by Gasteiger charge is 2.19. The van der Waals surface area contributed by atoms with Crippen LogP contribution in [0.1, 0.15) is 34.1 Å². The predicted molar refractivity (Wildman–Crippen MR) is 86.0 cm³/mol. The molecule has 0 bridgehead atoms. The number of hydrogen-bond donors (Lipinski definition) is 3. The number of anilines is 1. The lowest BCUT2D eigenvalue weighted by atomic mass is 10.1. The lowest BCUT2D eigenvalue weighted by Crippen LogP contribution is -2.38. The number of rotatable bonds is 7. The van der Waals surface area contributed by atoms with E-state index in [0.717, 1.165) is 0 Å². The van der Waals surface area contributed by atoms with E-state index in [1.165, 1.54) is 38.1 Å². The van der Waals surface area contributed by atoms with Gasteiger partial charge in [-0.05, 0) is 44.0 Å². The van der Waals surface area contributed by atoms with E-state index in [0.29, 0.717) is 12.1 Å². The minimum atomic E-state index is -3.68. The van der Waals surface area contributed by atoms with Gasteiger partial charge in [0.1, 0.15) is 0 Å². The Labute approximate surface area is 132 Å². The zero-order valence-electron chi connectivity index (χ0n) is 13.4. The van der Waals surface area contributed by atoms with Crippen LogP contribution >= 0.6 is 0 Å². The molecule has 0 saturated heterocycles. The quantitative estimate of drug-likeness (QED) is 0.710. The molecular formula is C15H24N2O4S. The van der Waals surface area contributed by atoms with Gasteiger partial charge in [0.25, 0.3) is 0 Å². The Bertz CT molecular complexity index is 601. The van der Waals surface area contributed by atoms with Crippen molar-refractivity contribution in [1.29, 1.82) is 0 Å². The van der Waals surface area contributed by atoms with Crippen molar-refractivity contribution >= 4 is 21.6 Å². The molecule has 0 aliphatic rings. The third-order valence-corrected chi connectivity index (χ3v) is 4.15. The van der Waals surface area contributed by atoms with Crippen LogP contribution in [0.25, 0.3) is 0 Å². The summed E-state index contributed by atoms with van der Waals surface area (Å²) in [6.45, 7) is 6.85. The first-order valence-corrected chi connectivity index (χ1v) is 8.60. The second kappa shape index (κ2) is 7.21. The van der Waals surface area contributed by atoms with Gasteiger partial charge in [0.05, 0.1) is 10.5 Å². The van der Waals surface area contributed by atoms with Gasteiger partial charge in [-0.3, -0.25) is 4.79 Å². The molecule has 0 atom stereocenters. The summed E-state index contributed by atoms with van der Waals surface area (Å²) in [5.74, 6) is 0.149. The molecule has 0 aliphatic carbocycles. The average Bonchev–Trinajstić information content (AvgIpc) is 2.35. The number of carbonyl (C=O) groups excluding carboxylic acids is 1. The molecule has 0 spiro atoms. The van der Waals surface area contributed by atoms with E-state index in [2.05, 4.69) is 10.0 Å². The average molecular weight is 328 g/mol. The van der Waals surface area contributed by atoms with Gasteiger partial charge in [-0.25, -0.2) is 13.1 Å². The van der Waals surface area contributed by atoms with Crippen LogP contribution in [0.5, 0.6) is 0 Å². The summed E-state index contributed by atoms with van der Waals surface area (Å²) in [5, 5.41) is 12.3. The summed E-state index contributed by atoms with van der Waals surface area (Å²) in [6, 6.07) is 5.91. The first kappa shape index (κ1) is 18.6. The second-order valence-electron chi connectivity index (χ2n) is 6.31. The summed E-state index contributed by atoms with van der Waals surface area (Å²) >= 11 is 0. The van der Waals surface area contributed by atoms with Crippen molar-refractivity contribution in [2.45, 2.75) is 44.6 Å². The number of carbonyl (C=O) groups is 1. The molecule has 0 aromatic heterocycles. The molecule has 0 radical (unpaired) electrons. The van der Waals surface area contributed by atoms with E-state index >= 15 is 0 Å². The minimum absolute atomic E-state index is 0.0811. The van der Waals surface area contributed by atoms with Gasteiger partial charge in [-0.15, -0.1) is 0 Å². The zero-order chi connectivity index (χ0) is 17.0. The van der Waals surface area contributed by atoms with Crippen molar-refractivity contribution < 1.29 is 18.3 Å². The van der Waals surface area contributed by atoms with E-state index in [1.54, 1.807) is 0 Å². The molecule has 124 valence electrons. The zero-order valence-corrected chi connectivity index (χ0v) is 14.2. The highest BCUT2D eigenvalue weighted by Crippen LogP contribution is 2.15. The van der Waals surface area contributed by atoms with E-state index < -0.39 is 15.6 Å². The molecule has 1 aromatic carbocycles. The molecule has 6 nitrogen and oxygen atoms in total. The van der Waals surface area contributed by atoms with Gasteiger partial charge in [0.2, 0.25) is 15.9 Å². The highest BCUT2D eigenvalue weighted by molar-refractivity contribution is 7.89. The second-order valence-corrected chi connectivity index (χ2v) is 8.07. The molecule has 0 saturated carbocycles. The number of aliphatic hydroxyl groups is 1. The van der Waals surface area contributed by atoms with Crippen molar-refractivity contribution in [3.8, 4) is 0 Å². The fourth-order valence-corrected chi connectivity index (χ4v) is 2.86. The summed E-state index contributed by atoms with van der Waals surface area (Å²) in [4.78, 5) is 11.7. The SMILES string of the molecule is CC(C)CC(=O)Nc1ccc(S(=O)(=O)NCC(C)(C)O)cc1. The maximum Gasteiger partial charge on any atom is 0.240 e. The van der Waals surface area contributed by atoms with Gasteiger partial charge in [-0.1, -0.05) is 13.8 Å². The molecule has 1 aromatic rings. The molecule has 0 unspecified atom stereocenters. The van der Waals surface area contributed by atoms with Crippen molar-refractivity contribution in [1.82, 2.24) is 4.72 Å². The van der Waals surface area contributed by atoms with Crippen molar-refractivity contribution in [3.05, 3.63) is 24.3 Å². The first-order chi connectivity index (χ1) is 9.99. The van der Waals surface area contributed by atoms with E-state index in [-0.39, 0.29) is 23.3 Å². The summed E-state index contributed by atoms with van der Waals surface area (Å²) in [5.41, 5.74) is -0.579. The van der Waals surface area contributed by atoms with Crippen molar-refractivity contribution in [3.63, 3.8) is 0 Å². The van der Waals surface area contributed by atoms with Crippen LogP contribution in [0.15, 0.2) is 29.2 Å². The molecular weight excluding hydrogens is 304 g/mol. The predicted octanol–water partition coefficient (Wildman–Crippen LogP) is 1.72. The van der Waals surface area contributed by atoms with Gasteiger partial charge >= 0.3 is 0 Å². The number of amides is 1. The van der Waals surface area contributed by atoms with E-state index in [4.69, 9.17) is 0 Å². The Morgan fingerprint density at radius 2 is 1.77 bits per heavy atom. The van der Waals surface area contributed by atoms with Crippen LogP contribution in [0.2, 0.25) is 0 Å². The molecule has 1 amide bonds. The number of sulfonamides is 1. The van der Waals surface area contributed by atoms with Gasteiger partial charge in [0.15, 0.2) is 0 Å². The third-order valence-electron chi connectivity index (χ3n) is 2.74. The standard InChI is InChI=1S/C15H24N2O4S/c1-11(2)9-14(18)17-12-5-7-13(8-6-12)22(20,21)16-10-15(3,4)19/h5-8,11,16,19H,9-10H2,1-4H3,(H,17,18). The smallest absolute Gasteiger partial charge is 0.240 e. The Morgan fingerprint density at radius 1 is 1.23 bits per heavy atom. The molecule has 3 N–H and O–H groups in total.